The van der Waals surface area contributed by atoms with Gasteiger partial charge in [-0.3, -0.25) is 4.90 Å². The van der Waals surface area contributed by atoms with E-state index in [9.17, 15) is 5.11 Å². The molecule has 0 spiro atoms. The lowest BCUT2D eigenvalue weighted by molar-refractivity contribution is 0.202. The van der Waals surface area contributed by atoms with E-state index >= 15 is 0 Å². The van der Waals surface area contributed by atoms with Gasteiger partial charge in [0.05, 0.1) is 19.2 Å². The van der Waals surface area contributed by atoms with E-state index in [0.29, 0.717) is 0 Å². The van der Waals surface area contributed by atoms with Crippen molar-refractivity contribution < 1.29 is 5.11 Å². The second-order valence-corrected chi connectivity index (χ2v) is 10.8. The van der Waals surface area contributed by atoms with Crippen LogP contribution in [0, 0.1) is 17.8 Å². The van der Waals surface area contributed by atoms with E-state index in [-0.39, 0.29) is 12.6 Å². The highest BCUT2D eigenvalue weighted by Gasteiger charge is 2.36. The quantitative estimate of drug-likeness (QED) is 0.525. The molecule has 0 bridgehead atoms. The lowest BCUT2D eigenvalue weighted by atomic mass is 9.79. The molecule has 4 unspecified atom stereocenters. The number of likely N-dealkylation sites (tertiary alicyclic amines) is 1. The van der Waals surface area contributed by atoms with Crippen LogP contribution < -0.4 is 0 Å². The van der Waals surface area contributed by atoms with Crippen LogP contribution in [-0.4, -0.2) is 44.5 Å². The third kappa shape index (κ3) is 5.84. The van der Waals surface area contributed by atoms with Gasteiger partial charge in [-0.1, -0.05) is 87.2 Å². The van der Waals surface area contributed by atoms with Crippen LogP contribution >= 0.6 is 0 Å². The Morgan fingerprint density at radius 2 is 1.94 bits per heavy atom. The Morgan fingerprint density at radius 1 is 1.09 bits per heavy atom. The summed E-state index contributed by atoms with van der Waals surface area (Å²) < 4.78 is 2.22. The van der Waals surface area contributed by atoms with Crippen LogP contribution in [0.5, 0.6) is 0 Å². The smallest absolute Gasteiger partial charge is 0.154 e. The fourth-order valence-electron chi connectivity index (χ4n) is 6.42. The normalized spacial score (nSPS) is 27.7. The summed E-state index contributed by atoms with van der Waals surface area (Å²) in [7, 11) is 0. The van der Waals surface area contributed by atoms with Crippen molar-refractivity contribution >= 4 is 0 Å². The first-order valence-electron chi connectivity index (χ1n) is 13.6. The first kappa shape index (κ1) is 24.2. The molecular formula is C30H40N4O. The van der Waals surface area contributed by atoms with Crippen molar-refractivity contribution in [3.8, 4) is 0 Å². The SMILES string of the molecule is CC1CCCCCC1C1CCN(C(C=C2C=CC(CO)=CC2)c2nncn2Cc2ccccc2)C1. The van der Waals surface area contributed by atoms with Gasteiger partial charge in [-0.25, -0.2) is 0 Å². The maximum atomic E-state index is 9.48. The molecule has 1 N–H and O–H groups in total. The molecule has 1 aromatic heterocycles. The molecule has 1 saturated heterocycles. The maximum Gasteiger partial charge on any atom is 0.154 e. The molecule has 186 valence electrons. The molecule has 2 heterocycles. The second-order valence-electron chi connectivity index (χ2n) is 10.8. The molecule has 4 atom stereocenters. The molecule has 5 rings (SSSR count). The molecule has 3 aliphatic rings. The molecule has 2 aromatic rings. The van der Waals surface area contributed by atoms with Crippen LogP contribution in [-0.2, 0) is 6.54 Å². The van der Waals surface area contributed by atoms with Crippen LogP contribution in [0.4, 0.5) is 0 Å². The van der Waals surface area contributed by atoms with Gasteiger partial charge in [0.1, 0.15) is 6.33 Å². The van der Waals surface area contributed by atoms with Gasteiger partial charge in [0, 0.05) is 6.54 Å². The van der Waals surface area contributed by atoms with Gasteiger partial charge in [-0.05, 0) is 60.3 Å². The van der Waals surface area contributed by atoms with Crippen molar-refractivity contribution in [2.45, 2.75) is 64.5 Å². The summed E-state index contributed by atoms with van der Waals surface area (Å²) in [5.74, 6) is 3.49. The van der Waals surface area contributed by atoms with Gasteiger partial charge in [-0.15, -0.1) is 10.2 Å². The standard InChI is InChI=1S/C30H40N4O/c1-23-8-4-2-7-11-28(23)27-16-17-33(20-27)29(18-24-12-14-26(21-35)15-13-24)30-32-31-22-34(30)19-25-9-5-3-6-10-25/h3,5-6,9-10,12,14-15,18,22-23,27-29,35H,2,4,7-8,11,13,16-17,19-21H2,1H3. The molecular weight excluding hydrogens is 432 g/mol. The van der Waals surface area contributed by atoms with E-state index in [2.05, 4.69) is 75.1 Å². The topological polar surface area (TPSA) is 54.2 Å². The van der Waals surface area contributed by atoms with Crippen LogP contribution in [0.2, 0.25) is 0 Å². The number of nitrogens with zero attached hydrogens (tertiary/aromatic N) is 4. The predicted molar refractivity (Wildman–Crippen MR) is 141 cm³/mol. The fraction of sp³-hybridized carbons (Fsp3) is 0.533. The fourth-order valence-corrected chi connectivity index (χ4v) is 6.42. The van der Waals surface area contributed by atoms with Gasteiger partial charge < -0.3 is 9.67 Å². The summed E-state index contributed by atoms with van der Waals surface area (Å²) >= 11 is 0. The molecule has 5 heteroatoms. The van der Waals surface area contributed by atoms with Gasteiger partial charge >= 0.3 is 0 Å². The minimum Gasteiger partial charge on any atom is -0.392 e. The van der Waals surface area contributed by atoms with E-state index in [0.717, 1.165) is 55.2 Å². The number of benzene rings is 1. The summed E-state index contributed by atoms with van der Waals surface area (Å²) in [6.07, 6.45) is 19.8. The number of hydrogen-bond acceptors (Lipinski definition) is 4. The van der Waals surface area contributed by atoms with Crippen LogP contribution in [0.25, 0.3) is 0 Å². The zero-order chi connectivity index (χ0) is 24.0. The summed E-state index contributed by atoms with van der Waals surface area (Å²) in [4.78, 5) is 2.65. The minimum atomic E-state index is 0.103. The third-order valence-corrected chi connectivity index (χ3v) is 8.45. The van der Waals surface area contributed by atoms with Gasteiger partial charge in [0.2, 0.25) is 0 Å². The van der Waals surface area contributed by atoms with E-state index in [1.54, 1.807) is 0 Å². The Labute approximate surface area is 210 Å². The van der Waals surface area contributed by atoms with E-state index in [4.69, 9.17) is 0 Å². The highest BCUT2D eigenvalue weighted by atomic mass is 16.3. The van der Waals surface area contributed by atoms with Gasteiger partial charge in [-0.2, -0.15) is 0 Å². The van der Waals surface area contributed by atoms with Crippen molar-refractivity contribution in [1.82, 2.24) is 19.7 Å². The first-order valence-corrected chi connectivity index (χ1v) is 13.6. The second kappa shape index (κ2) is 11.5. The number of hydrogen-bond donors (Lipinski definition) is 1. The molecule has 1 aromatic carbocycles. The number of aliphatic hydroxyl groups is 1. The first-order chi connectivity index (χ1) is 17.2. The third-order valence-electron chi connectivity index (χ3n) is 8.45. The lowest BCUT2D eigenvalue weighted by Gasteiger charge is -2.30. The summed E-state index contributed by atoms with van der Waals surface area (Å²) in [5.41, 5.74) is 3.54. The molecule has 1 aliphatic heterocycles. The average Bonchev–Trinajstić information content (AvgIpc) is 3.50. The molecule has 0 amide bonds. The highest BCUT2D eigenvalue weighted by molar-refractivity contribution is 5.37. The largest absolute Gasteiger partial charge is 0.392 e. The Bertz CT molecular complexity index is 1050. The van der Waals surface area contributed by atoms with Crippen molar-refractivity contribution in [3.05, 3.63) is 83.5 Å². The zero-order valence-corrected chi connectivity index (χ0v) is 21.1. The Balaban J connectivity index is 1.40. The van der Waals surface area contributed by atoms with Crippen LogP contribution in [0.3, 0.4) is 0 Å². The summed E-state index contributed by atoms with van der Waals surface area (Å²) in [6.45, 7) is 5.63. The minimum absolute atomic E-state index is 0.103. The van der Waals surface area contributed by atoms with Gasteiger partial charge in [0.15, 0.2) is 5.82 Å². The van der Waals surface area contributed by atoms with Crippen molar-refractivity contribution in [2.24, 2.45) is 17.8 Å². The molecule has 0 radical (unpaired) electrons. The number of rotatable bonds is 7. The number of aliphatic hydroxyl groups excluding tert-OH is 1. The molecule has 2 aliphatic carbocycles. The Morgan fingerprint density at radius 3 is 2.74 bits per heavy atom. The molecule has 5 nitrogen and oxygen atoms in total. The molecule has 2 fully saturated rings. The zero-order valence-electron chi connectivity index (χ0n) is 21.1. The number of aromatic nitrogens is 3. The summed E-state index contributed by atoms with van der Waals surface area (Å²) in [6, 6.07) is 10.7. The average molecular weight is 473 g/mol. The predicted octanol–water partition coefficient (Wildman–Crippen LogP) is 5.71. The Kier molecular flexibility index (Phi) is 7.95. The van der Waals surface area contributed by atoms with Crippen molar-refractivity contribution in [2.75, 3.05) is 19.7 Å². The Hall–Kier alpha value is -2.50. The molecule has 1 saturated carbocycles. The van der Waals surface area contributed by atoms with Crippen molar-refractivity contribution in [1.29, 1.82) is 0 Å². The van der Waals surface area contributed by atoms with E-state index in [1.807, 2.05) is 12.4 Å². The van der Waals surface area contributed by atoms with E-state index < -0.39 is 0 Å². The van der Waals surface area contributed by atoms with E-state index in [1.165, 1.54) is 49.7 Å². The highest BCUT2D eigenvalue weighted by Crippen LogP contribution is 2.40. The number of allylic oxidation sites excluding steroid dienone is 3. The van der Waals surface area contributed by atoms with Crippen LogP contribution in [0.1, 0.15) is 69.3 Å². The van der Waals surface area contributed by atoms with Gasteiger partial charge in [0.25, 0.3) is 0 Å². The molecule has 35 heavy (non-hydrogen) atoms. The lowest BCUT2D eigenvalue weighted by Crippen LogP contribution is -2.30. The van der Waals surface area contributed by atoms with Crippen molar-refractivity contribution in [3.63, 3.8) is 0 Å². The summed E-state index contributed by atoms with van der Waals surface area (Å²) in [5, 5.41) is 18.5. The monoisotopic (exact) mass is 472 g/mol. The maximum absolute atomic E-state index is 9.48. The van der Waals surface area contributed by atoms with Crippen LogP contribution in [0.15, 0.2) is 72.1 Å².